The molecule has 0 bridgehead atoms. The molecule has 1 aromatic rings. The number of alkyl halides is 1. The molecule has 37 heavy (non-hydrogen) atoms. The fourth-order valence-electron chi connectivity index (χ4n) is 2.96. The van der Waals surface area contributed by atoms with Crippen LogP contribution in [0.25, 0.3) is 0 Å². The van der Waals surface area contributed by atoms with Gasteiger partial charge in [0, 0.05) is 6.20 Å². The lowest BCUT2D eigenvalue weighted by molar-refractivity contribution is -0.160. The van der Waals surface area contributed by atoms with Crippen LogP contribution in [-0.2, 0) is 32.7 Å². The van der Waals surface area contributed by atoms with E-state index in [0.29, 0.717) is 0 Å². The second-order valence-electron chi connectivity index (χ2n) is 9.60. The van der Waals surface area contributed by atoms with Gasteiger partial charge in [0.25, 0.3) is 0 Å². The van der Waals surface area contributed by atoms with Crippen molar-refractivity contribution >= 4 is 37.3 Å². The summed E-state index contributed by atoms with van der Waals surface area (Å²) in [6.45, 7) is 8.17. The number of hydrogen-bond acceptors (Lipinski definition) is 12. The van der Waals surface area contributed by atoms with Crippen LogP contribution in [0.4, 0.5) is 10.2 Å². The summed E-state index contributed by atoms with van der Waals surface area (Å²) in [6, 6.07) is 0.154. The zero-order valence-corrected chi connectivity index (χ0v) is 23.2. The van der Waals surface area contributed by atoms with Crippen LogP contribution < -0.4 is 16.5 Å². The molecule has 1 unspecified atom stereocenters. The average molecular weight is 569 g/mol. The Bertz CT molecular complexity index is 1070. The van der Waals surface area contributed by atoms with Crippen LogP contribution in [0.5, 0.6) is 0 Å². The van der Waals surface area contributed by atoms with Crippen LogP contribution in [0.15, 0.2) is 17.1 Å². The van der Waals surface area contributed by atoms with Gasteiger partial charge in [-0.1, -0.05) is 0 Å². The lowest BCUT2D eigenvalue weighted by Crippen LogP contribution is -2.37. The number of nitrogens with one attached hydrogen (secondary N) is 1. The van der Waals surface area contributed by atoms with E-state index in [-0.39, 0.29) is 5.82 Å². The van der Waals surface area contributed by atoms with Crippen LogP contribution in [0.1, 0.15) is 46.9 Å². The molecule has 1 fully saturated rings. The Balaban J connectivity index is 2.14. The summed E-state index contributed by atoms with van der Waals surface area (Å²) in [5.74, 6) is -1.43. The highest BCUT2D eigenvalue weighted by atomic mass is 32.2. The number of thioether (sulfide) groups is 1. The normalized spacial score (nSPS) is 24.5. The second kappa shape index (κ2) is 12.7. The van der Waals surface area contributed by atoms with Crippen molar-refractivity contribution in [3.8, 4) is 0 Å². The van der Waals surface area contributed by atoms with Gasteiger partial charge in [-0.05, 0) is 47.6 Å². The first-order chi connectivity index (χ1) is 17.0. The molecule has 0 aromatic carbocycles. The molecule has 6 atom stereocenters. The number of esters is 2. The minimum absolute atomic E-state index is 0.0403. The van der Waals surface area contributed by atoms with Crippen molar-refractivity contribution in [2.24, 2.45) is 5.41 Å². The lowest BCUT2D eigenvalue weighted by Gasteiger charge is -2.25. The van der Waals surface area contributed by atoms with Crippen molar-refractivity contribution in [3.63, 3.8) is 0 Å². The number of nitrogens with zero attached hydrogens (tertiary/aromatic N) is 2. The van der Waals surface area contributed by atoms with Gasteiger partial charge in [0.2, 0.25) is 6.79 Å². The van der Waals surface area contributed by atoms with E-state index in [1.54, 1.807) is 34.6 Å². The molecule has 2 rings (SSSR count). The summed E-state index contributed by atoms with van der Waals surface area (Å²) in [5, 5.41) is 10.7. The van der Waals surface area contributed by atoms with Crippen molar-refractivity contribution in [1.29, 1.82) is 0 Å². The third-order valence-electron chi connectivity index (χ3n) is 4.91. The standard InChI is InChI=1S/C21H34FN4O9PS/c1-11(2)35-18(28)12(3)25-36(31,34-10-32-19(29)21(4,5)6)33-9-13-16(27)15(22)17(37-13)26-8-7-14(23)24-20(26)30/h7-8,11-13,15-17,27H,9-10H2,1-6H3,(H,25,31)(H2,23,24,30)/t12-,13+,15-,16+,17+,36?/m0/s1. The summed E-state index contributed by atoms with van der Waals surface area (Å²) in [4.78, 5) is 39.9. The molecule has 1 saturated heterocycles. The first-order valence-electron chi connectivity index (χ1n) is 11.4. The molecule has 0 aliphatic carbocycles. The fourth-order valence-corrected chi connectivity index (χ4v) is 5.83. The molecule has 1 aliphatic rings. The number of anilines is 1. The monoisotopic (exact) mass is 568 g/mol. The number of ether oxygens (including phenoxy) is 2. The molecule has 1 aromatic heterocycles. The van der Waals surface area contributed by atoms with Gasteiger partial charge in [0.15, 0.2) is 6.17 Å². The summed E-state index contributed by atoms with van der Waals surface area (Å²) in [7, 11) is -4.36. The molecule has 2 heterocycles. The third-order valence-corrected chi connectivity index (χ3v) is 8.08. The average Bonchev–Trinajstić information content (AvgIpc) is 3.05. The van der Waals surface area contributed by atoms with E-state index in [0.717, 1.165) is 16.3 Å². The van der Waals surface area contributed by atoms with Crippen molar-refractivity contribution in [3.05, 3.63) is 22.7 Å². The molecule has 4 N–H and O–H groups in total. The maximum absolute atomic E-state index is 14.9. The fraction of sp³-hybridized carbons (Fsp3) is 0.714. The van der Waals surface area contributed by atoms with Crippen molar-refractivity contribution in [2.75, 3.05) is 19.1 Å². The van der Waals surface area contributed by atoms with E-state index < -0.39 is 79.2 Å². The summed E-state index contributed by atoms with van der Waals surface area (Å²) in [6.07, 6.45) is -2.68. The maximum Gasteiger partial charge on any atom is 0.409 e. The molecule has 13 nitrogen and oxygen atoms in total. The topological polar surface area (TPSA) is 181 Å². The van der Waals surface area contributed by atoms with Gasteiger partial charge in [-0.3, -0.25) is 23.2 Å². The van der Waals surface area contributed by atoms with E-state index in [4.69, 9.17) is 24.3 Å². The Morgan fingerprint density at radius 1 is 1.32 bits per heavy atom. The number of rotatable bonds is 11. The van der Waals surface area contributed by atoms with Crippen molar-refractivity contribution < 1.29 is 42.2 Å². The molecule has 1 aliphatic heterocycles. The van der Waals surface area contributed by atoms with Gasteiger partial charge in [-0.15, -0.1) is 11.8 Å². The van der Waals surface area contributed by atoms with Gasteiger partial charge in [0.1, 0.15) is 23.3 Å². The van der Waals surface area contributed by atoms with Gasteiger partial charge < -0.3 is 20.3 Å². The first kappa shape index (κ1) is 31.2. The molecule has 210 valence electrons. The number of nitrogen functional groups attached to an aromatic ring is 1. The molecule has 16 heteroatoms. The summed E-state index contributed by atoms with van der Waals surface area (Å²) >= 11 is 0.857. The van der Waals surface area contributed by atoms with E-state index in [9.17, 15) is 28.4 Å². The molecule has 0 amide bonds. The number of aliphatic hydroxyl groups is 1. The molecule has 0 radical (unpaired) electrons. The van der Waals surface area contributed by atoms with Crippen molar-refractivity contribution in [2.45, 2.75) is 76.6 Å². The lowest BCUT2D eigenvalue weighted by atomic mass is 9.98. The number of hydrogen-bond donors (Lipinski definition) is 3. The highest BCUT2D eigenvalue weighted by Crippen LogP contribution is 2.48. The summed E-state index contributed by atoms with van der Waals surface area (Å²) in [5.41, 5.74) is 3.81. The molecular weight excluding hydrogens is 534 g/mol. The smallest absolute Gasteiger partial charge is 0.409 e. The number of halogens is 1. The highest BCUT2D eigenvalue weighted by molar-refractivity contribution is 8.00. The highest BCUT2D eigenvalue weighted by Gasteiger charge is 2.46. The van der Waals surface area contributed by atoms with E-state index >= 15 is 0 Å². The van der Waals surface area contributed by atoms with Gasteiger partial charge in [-0.25, -0.2) is 18.8 Å². The van der Waals surface area contributed by atoms with E-state index in [1.165, 1.54) is 19.2 Å². The number of carbonyl (C=O) groups is 2. The first-order valence-corrected chi connectivity index (χ1v) is 13.9. The van der Waals surface area contributed by atoms with Crippen LogP contribution >= 0.6 is 19.5 Å². The maximum atomic E-state index is 14.9. The number of carbonyl (C=O) groups excluding carboxylic acids is 2. The second-order valence-corrected chi connectivity index (χ2v) is 12.7. The van der Waals surface area contributed by atoms with Crippen LogP contribution in [-0.4, -0.2) is 69.7 Å². The predicted molar refractivity (Wildman–Crippen MR) is 133 cm³/mol. The molecular formula is C21H34FN4O9PS. The van der Waals surface area contributed by atoms with E-state index in [2.05, 4.69) is 10.1 Å². The van der Waals surface area contributed by atoms with Crippen LogP contribution in [0.3, 0.4) is 0 Å². The van der Waals surface area contributed by atoms with E-state index in [1.807, 2.05) is 0 Å². The number of aromatic nitrogens is 2. The largest absolute Gasteiger partial charge is 0.462 e. The molecule has 0 spiro atoms. The zero-order chi connectivity index (χ0) is 28.1. The number of nitrogens with two attached hydrogens (primary N) is 1. The van der Waals surface area contributed by atoms with Gasteiger partial charge in [-0.2, -0.15) is 4.98 Å². The predicted octanol–water partition coefficient (Wildman–Crippen LogP) is 1.76. The summed E-state index contributed by atoms with van der Waals surface area (Å²) < 4.78 is 49.9. The zero-order valence-electron chi connectivity index (χ0n) is 21.5. The SMILES string of the molecule is CC(C)OC(=O)[C@H](C)NP(=O)(OCOC(=O)C(C)(C)C)OC[C@H]1S[C@@H](n2ccc(N)nc2=O)[C@@H](F)[C@@H]1O. The van der Waals surface area contributed by atoms with Crippen LogP contribution in [0, 0.1) is 5.41 Å². The van der Waals surface area contributed by atoms with Gasteiger partial charge >= 0.3 is 25.4 Å². The Kier molecular flexibility index (Phi) is 10.7. The Labute approximate surface area is 218 Å². The Morgan fingerprint density at radius 2 is 1.97 bits per heavy atom. The third kappa shape index (κ3) is 8.76. The Morgan fingerprint density at radius 3 is 2.54 bits per heavy atom. The van der Waals surface area contributed by atoms with Crippen LogP contribution in [0.2, 0.25) is 0 Å². The van der Waals surface area contributed by atoms with Gasteiger partial charge in [0.05, 0.1) is 23.4 Å². The quantitative estimate of drug-likeness (QED) is 0.200. The minimum Gasteiger partial charge on any atom is -0.462 e. The Hall–Kier alpha value is -2.03. The minimum atomic E-state index is -4.36. The van der Waals surface area contributed by atoms with Crippen molar-refractivity contribution in [1.82, 2.24) is 14.6 Å². The molecule has 0 saturated carbocycles. The number of aliphatic hydroxyl groups excluding tert-OH is 1.